The number of thiophene rings is 1. The molecule has 3 N–H and O–H groups in total. The van der Waals surface area contributed by atoms with E-state index in [1.807, 2.05) is 11.4 Å². The highest BCUT2D eigenvalue weighted by Crippen LogP contribution is 2.41. The number of nitrogens with two attached hydrogens (primary N) is 1. The highest BCUT2D eigenvalue weighted by Gasteiger charge is 2.29. The van der Waals surface area contributed by atoms with Gasteiger partial charge >= 0.3 is 0 Å². The maximum atomic E-state index is 11.6. The van der Waals surface area contributed by atoms with Gasteiger partial charge in [0, 0.05) is 12.3 Å². The molecule has 1 atom stereocenters. The number of carbonyl (C=O) groups excluding carboxylic acids is 1. The highest BCUT2D eigenvalue weighted by atomic mass is 32.1. The van der Waals surface area contributed by atoms with Gasteiger partial charge in [0.1, 0.15) is 5.82 Å². The minimum atomic E-state index is 0.00833. The van der Waals surface area contributed by atoms with Gasteiger partial charge < -0.3 is 11.1 Å². The van der Waals surface area contributed by atoms with Crippen molar-refractivity contribution in [2.75, 3.05) is 11.1 Å². The SMILES string of the molecule is Nc1nc2c(s1)[C@H](c1ccsc1)CC(=O)N2. The molecule has 1 aliphatic heterocycles. The molecule has 0 spiro atoms. The maximum absolute atomic E-state index is 11.6. The zero-order valence-corrected chi connectivity index (χ0v) is 9.90. The third-order valence-corrected chi connectivity index (χ3v) is 4.28. The van der Waals surface area contributed by atoms with Crippen LogP contribution in [0.15, 0.2) is 16.8 Å². The number of nitrogens with zero attached hydrogens (tertiary/aromatic N) is 1. The van der Waals surface area contributed by atoms with E-state index in [2.05, 4.69) is 15.7 Å². The van der Waals surface area contributed by atoms with Crippen LogP contribution in [0.1, 0.15) is 22.8 Å². The van der Waals surface area contributed by atoms with Crippen molar-refractivity contribution in [3.63, 3.8) is 0 Å². The molecule has 0 saturated heterocycles. The average Bonchev–Trinajstić information content (AvgIpc) is 2.83. The third-order valence-electron chi connectivity index (χ3n) is 2.58. The molecule has 0 aromatic carbocycles. The summed E-state index contributed by atoms with van der Waals surface area (Å²) < 4.78 is 0. The molecular formula is C10H9N3OS2. The maximum Gasteiger partial charge on any atom is 0.226 e. The lowest BCUT2D eigenvalue weighted by Crippen LogP contribution is -2.22. The molecule has 0 unspecified atom stereocenters. The number of nitrogen functional groups attached to an aromatic ring is 1. The molecule has 2 aromatic heterocycles. The molecule has 2 aromatic rings. The number of amides is 1. The predicted octanol–water partition coefficient (Wildman–Crippen LogP) is 2.26. The van der Waals surface area contributed by atoms with Crippen molar-refractivity contribution < 1.29 is 4.79 Å². The normalized spacial score (nSPS) is 19.2. The van der Waals surface area contributed by atoms with Crippen LogP contribution in [-0.4, -0.2) is 10.9 Å². The van der Waals surface area contributed by atoms with E-state index in [9.17, 15) is 4.79 Å². The fourth-order valence-corrected chi connectivity index (χ4v) is 3.51. The van der Waals surface area contributed by atoms with Crippen LogP contribution in [0.25, 0.3) is 0 Å². The number of fused-ring (bicyclic) bond motifs is 1. The minimum absolute atomic E-state index is 0.00833. The Morgan fingerprint density at radius 1 is 1.56 bits per heavy atom. The van der Waals surface area contributed by atoms with Gasteiger partial charge in [0.15, 0.2) is 5.13 Å². The van der Waals surface area contributed by atoms with Crippen LogP contribution in [0.5, 0.6) is 0 Å². The lowest BCUT2D eigenvalue weighted by atomic mass is 9.94. The molecule has 0 bridgehead atoms. The Labute approximate surface area is 100 Å². The van der Waals surface area contributed by atoms with Gasteiger partial charge in [-0.15, -0.1) is 0 Å². The molecule has 3 heterocycles. The van der Waals surface area contributed by atoms with E-state index in [1.54, 1.807) is 11.3 Å². The molecule has 0 radical (unpaired) electrons. The van der Waals surface area contributed by atoms with E-state index in [0.29, 0.717) is 17.4 Å². The standard InChI is InChI=1S/C10H9N3OS2/c11-10-13-9-8(16-10)6(3-7(14)12-9)5-1-2-15-4-5/h1-2,4,6H,3H2,(H2,11,13)(H,12,14)/t6-/m0/s1. The van der Waals surface area contributed by atoms with Gasteiger partial charge in [-0.3, -0.25) is 4.79 Å². The first-order chi connectivity index (χ1) is 7.74. The number of anilines is 2. The van der Waals surface area contributed by atoms with Gasteiger partial charge in [-0.2, -0.15) is 11.3 Å². The number of carbonyl (C=O) groups is 1. The molecule has 0 fully saturated rings. The summed E-state index contributed by atoms with van der Waals surface area (Å²) >= 11 is 3.09. The quantitative estimate of drug-likeness (QED) is 0.817. The minimum Gasteiger partial charge on any atom is -0.375 e. The van der Waals surface area contributed by atoms with E-state index >= 15 is 0 Å². The van der Waals surface area contributed by atoms with Crippen LogP contribution in [0, 0.1) is 0 Å². The molecule has 1 aliphatic rings. The van der Waals surface area contributed by atoms with Crippen molar-refractivity contribution in [3.8, 4) is 0 Å². The van der Waals surface area contributed by atoms with Crippen molar-refractivity contribution in [3.05, 3.63) is 27.3 Å². The molecule has 82 valence electrons. The summed E-state index contributed by atoms with van der Waals surface area (Å²) in [5.41, 5.74) is 6.85. The summed E-state index contributed by atoms with van der Waals surface area (Å²) in [6.07, 6.45) is 0.478. The van der Waals surface area contributed by atoms with Gasteiger partial charge in [0.05, 0.1) is 4.88 Å². The second-order valence-corrected chi connectivity index (χ2v) is 5.47. The van der Waals surface area contributed by atoms with Crippen LogP contribution < -0.4 is 11.1 Å². The smallest absolute Gasteiger partial charge is 0.226 e. The third kappa shape index (κ3) is 1.50. The number of rotatable bonds is 1. The summed E-state index contributed by atoms with van der Waals surface area (Å²) in [5.74, 6) is 0.758. The van der Waals surface area contributed by atoms with Crippen molar-refractivity contribution >= 4 is 39.5 Å². The molecule has 16 heavy (non-hydrogen) atoms. The topological polar surface area (TPSA) is 68.0 Å². The van der Waals surface area contributed by atoms with Gasteiger partial charge in [-0.1, -0.05) is 11.3 Å². The fraction of sp³-hybridized carbons (Fsp3) is 0.200. The number of aromatic nitrogens is 1. The number of nitrogens with one attached hydrogen (secondary N) is 1. The Morgan fingerprint density at radius 2 is 2.44 bits per heavy atom. The Bertz CT molecular complexity index is 532. The number of hydrogen-bond acceptors (Lipinski definition) is 5. The zero-order valence-electron chi connectivity index (χ0n) is 8.27. The summed E-state index contributed by atoms with van der Waals surface area (Å²) in [7, 11) is 0. The molecule has 0 saturated carbocycles. The van der Waals surface area contributed by atoms with Crippen molar-refractivity contribution in [2.45, 2.75) is 12.3 Å². The van der Waals surface area contributed by atoms with Crippen molar-refractivity contribution in [1.82, 2.24) is 4.98 Å². The molecule has 0 aliphatic carbocycles. The lowest BCUT2D eigenvalue weighted by Gasteiger charge is -2.20. The molecule has 1 amide bonds. The lowest BCUT2D eigenvalue weighted by molar-refractivity contribution is -0.116. The van der Waals surface area contributed by atoms with Crippen LogP contribution in [0.2, 0.25) is 0 Å². The summed E-state index contributed by atoms with van der Waals surface area (Å²) in [6, 6.07) is 2.05. The van der Waals surface area contributed by atoms with Gasteiger partial charge in [-0.25, -0.2) is 4.98 Å². The first-order valence-electron chi connectivity index (χ1n) is 4.82. The van der Waals surface area contributed by atoms with E-state index in [0.717, 1.165) is 4.88 Å². The van der Waals surface area contributed by atoms with Crippen LogP contribution in [-0.2, 0) is 4.79 Å². The average molecular weight is 251 g/mol. The first-order valence-corrected chi connectivity index (χ1v) is 6.58. The van der Waals surface area contributed by atoms with Gasteiger partial charge in [0.25, 0.3) is 0 Å². The Hall–Kier alpha value is -1.40. The first kappa shape index (κ1) is 9.80. The Morgan fingerprint density at radius 3 is 3.19 bits per heavy atom. The van der Waals surface area contributed by atoms with Gasteiger partial charge in [0.2, 0.25) is 5.91 Å². The summed E-state index contributed by atoms with van der Waals surface area (Å²) in [6.45, 7) is 0. The second kappa shape index (κ2) is 3.57. The second-order valence-electron chi connectivity index (χ2n) is 3.63. The largest absolute Gasteiger partial charge is 0.375 e. The van der Waals surface area contributed by atoms with Crippen LogP contribution >= 0.6 is 22.7 Å². The molecular weight excluding hydrogens is 242 g/mol. The summed E-state index contributed by atoms with van der Waals surface area (Å²) in [5, 5.41) is 7.36. The molecule has 3 rings (SSSR count). The Kier molecular flexibility index (Phi) is 2.19. The number of hydrogen-bond donors (Lipinski definition) is 2. The fourth-order valence-electron chi connectivity index (χ4n) is 1.88. The predicted molar refractivity (Wildman–Crippen MR) is 65.9 cm³/mol. The Balaban J connectivity index is 2.10. The number of thiazole rings is 1. The van der Waals surface area contributed by atoms with E-state index in [1.165, 1.54) is 16.9 Å². The highest BCUT2D eigenvalue weighted by molar-refractivity contribution is 7.16. The molecule has 6 heteroatoms. The van der Waals surface area contributed by atoms with E-state index in [-0.39, 0.29) is 11.8 Å². The monoisotopic (exact) mass is 251 g/mol. The summed E-state index contributed by atoms with van der Waals surface area (Å²) in [4.78, 5) is 16.8. The van der Waals surface area contributed by atoms with E-state index < -0.39 is 0 Å². The van der Waals surface area contributed by atoms with E-state index in [4.69, 9.17) is 5.73 Å². The van der Waals surface area contributed by atoms with Crippen LogP contribution in [0.4, 0.5) is 10.9 Å². The van der Waals surface area contributed by atoms with Crippen molar-refractivity contribution in [1.29, 1.82) is 0 Å². The zero-order chi connectivity index (χ0) is 11.1. The molecule has 4 nitrogen and oxygen atoms in total. The van der Waals surface area contributed by atoms with Crippen LogP contribution in [0.3, 0.4) is 0 Å². The van der Waals surface area contributed by atoms with Crippen molar-refractivity contribution in [2.24, 2.45) is 0 Å². The van der Waals surface area contributed by atoms with Gasteiger partial charge in [-0.05, 0) is 22.4 Å².